The van der Waals surface area contributed by atoms with Gasteiger partial charge in [0.05, 0.1) is 0 Å². The summed E-state index contributed by atoms with van der Waals surface area (Å²) < 4.78 is 0. The maximum Gasteiger partial charge on any atom is 0.241 e. The Labute approximate surface area is 143 Å². The number of benzene rings is 2. The third kappa shape index (κ3) is 3.95. The first-order valence-electron chi connectivity index (χ1n) is 8.53. The van der Waals surface area contributed by atoms with Crippen LogP contribution in [0.2, 0.25) is 0 Å². The Hall–Kier alpha value is -2.33. The van der Waals surface area contributed by atoms with E-state index in [1.54, 1.807) is 0 Å². The zero-order valence-corrected chi connectivity index (χ0v) is 14.1. The summed E-state index contributed by atoms with van der Waals surface area (Å²) in [4.78, 5) is 14.7. The minimum atomic E-state index is -0.600. The number of hydrogen-bond donors (Lipinski definition) is 2. The summed E-state index contributed by atoms with van der Waals surface area (Å²) in [6.07, 6.45) is 1.09. The number of amides is 1. The molecule has 1 aliphatic heterocycles. The normalized spacial score (nSPS) is 18.4. The molecule has 0 aromatic heterocycles. The molecule has 1 heterocycles. The fraction of sp³-hybridized carbons (Fsp3) is 0.350. The van der Waals surface area contributed by atoms with Crippen LogP contribution in [0.25, 0.3) is 0 Å². The molecule has 1 aliphatic rings. The third-order valence-electron chi connectivity index (χ3n) is 4.69. The van der Waals surface area contributed by atoms with Crippen molar-refractivity contribution >= 4 is 11.6 Å². The second-order valence-corrected chi connectivity index (χ2v) is 6.57. The van der Waals surface area contributed by atoms with Gasteiger partial charge in [-0.3, -0.25) is 4.79 Å². The van der Waals surface area contributed by atoms with Crippen LogP contribution in [0.15, 0.2) is 54.6 Å². The van der Waals surface area contributed by atoms with Crippen molar-refractivity contribution in [2.24, 2.45) is 11.7 Å². The molecule has 2 unspecified atom stereocenters. The summed E-state index contributed by atoms with van der Waals surface area (Å²) in [7, 11) is 0. The highest BCUT2D eigenvalue weighted by Gasteiger charge is 2.24. The zero-order valence-electron chi connectivity index (χ0n) is 14.1. The van der Waals surface area contributed by atoms with Crippen LogP contribution in [0.1, 0.15) is 23.6 Å². The Balaban J connectivity index is 1.49. The number of anilines is 1. The highest BCUT2D eigenvalue weighted by atomic mass is 16.2. The number of hydrogen-bond acceptors (Lipinski definition) is 3. The van der Waals surface area contributed by atoms with Crippen LogP contribution in [0, 0.1) is 12.8 Å². The maximum atomic E-state index is 12.3. The van der Waals surface area contributed by atoms with Crippen LogP contribution in [-0.4, -0.2) is 25.5 Å². The molecule has 3 N–H and O–H groups in total. The fourth-order valence-electron chi connectivity index (χ4n) is 3.15. The van der Waals surface area contributed by atoms with Crippen LogP contribution in [0.4, 0.5) is 5.69 Å². The van der Waals surface area contributed by atoms with Gasteiger partial charge in [-0.25, -0.2) is 0 Å². The molecule has 2 aromatic carbocycles. The smallest absolute Gasteiger partial charge is 0.241 e. The van der Waals surface area contributed by atoms with E-state index < -0.39 is 6.04 Å². The average Bonchev–Trinajstić information content (AvgIpc) is 3.09. The van der Waals surface area contributed by atoms with E-state index in [-0.39, 0.29) is 5.91 Å². The van der Waals surface area contributed by atoms with Crippen molar-refractivity contribution in [2.45, 2.75) is 19.4 Å². The van der Waals surface area contributed by atoms with E-state index >= 15 is 0 Å². The summed E-state index contributed by atoms with van der Waals surface area (Å²) in [5.74, 6) is 0.372. The van der Waals surface area contributed by atoms with Gasteiger partial charge in [0, 0.05) is 25.3 Å². The second-order valence-electron chi connectivity index (χ2n) is 6.57. The largest absolute Gasteiger partial charge is 0.371 e. The number of carbonyl (C=O) groups excluding carboxylic acids is 1. The Morgan fingerprint density at radius 1 is 1.21 bits per heavy atom. The van der Waals surface area contributed by atoms with Crippen molar-refractivity contribution in [1.82, 2.24) is 5.32 Å². The number of nitrogens with two attached hydrogens (primary N) is 1. The van der Waals surface area contributed by atoms with Gasteiger partial charge >= 0.3 is 0 Å². The lowest BCUT2D eigenvalue weighted by Gasteiger charge is -2.19. The van der Waals surface area contributed by atoms with Gasteiger partial charge in [-0.2, -0.15) is 0 Å². The van der Waals surface area contributed by atoms with Gasteiger partial charge in [-0.1, -0.05) is 48.0 Å². The van der Waals surface area contributed by atoms with Crippen LogP contribution < -0.4 is 16.0 Å². The molecule has 0 aliphatic carbocycles. The van der Waals surface area contributed by atoms with E-state index in [0.717, 1.165) is 25.1 Å². The molecule has 4 nitrogen and oxygen atoms in total. The van der Waals surface area contributed by atoms with Crippen LogP contribution in [0.5, 0.6) is 0 Å². The van der Waals surface area contributed by atoms with E-state index in [2.05, 4.69) is 34.5 Å². The molecule has 24 heavy (non-hydrogen) atoms. The molecule has 126 valence electrons. The Morgan fingerprint density at radius 3 is 2.62 bits per heavy atom. The van der Waals surface area contributed by atoms with Crippen LogP contribution in [0.3, 0.4) is 0 Å². The summed E-state index contributed by atoms with van der Waals surface area (Å²) >= 11 is 0. The summed E-state index contributed by atoms with van der Waals surface area (Å²) in [6.45, 7) is 4.72. The first kappa shape index (κ1) is 16.5. The van der Waals surface area contributed by atoms with Crippen LogP contribution >= 0.6 is 0 Å². The number of para-hydroxylation sites is 1. The van der Waals surface area contributed by atoms with Crippen molar-refractivity contribution < 1.29 is 4.79 Å². The SMILES string of the molecule is Cc1ccc(C(N)C(=O)NCC2CCN(c3ccccc3)C2)cc1. The highest BCUT2D eigenvalue weighted by Crippen LogP contribution is 2.23. The van der Waals surface area contributed by atoms with E-state index in [1.807, 2.05) is 37.3 Å². The molecule has 3 rings (SSSR count). The monoisotopic (exact) mass is 323 g/mol. The first-order valence-corrected chi connectivity index (χ1v) is 8.53. The summed E-state index contributed by atoms with van der Waals surface area (Å²) in [5.41, 5.74) is 9.34. The molecular formula is C20H25N3O. The fourth-order valence-corrected chi connectivity index (χ4v) is 3.15. The Morgan fingerprint density at radius 2 is 1.92 bits per heavy atom. The number of nitrogens with zero attached hydrogens (tertiary/aromatic N) is 1. The molecule has 1 fully saturated rings. The average molecular weight is 323 g/mol. The molecule has 2 atom stereocenters. The molecule has 0 radical (unpaired) electrons. The van der Waals surface area contributed by atoms with Crippen molar-refractivity contribution in [3.05, 3.63) is 65.7 Å². The molecule has 0 bridgehead atoms. The van der Waals surface area contributed by atoms with Crippen molar-refractivity contribution in [3.63, 3.8) is 0 Å². The van der Waals surface area contributed by atoms with Gasteiger partial charge < -0.3 is 16.0 Å². The van der Waals surface area contributed by atoms with Crippen molar-refractivity contribution in [1.29, 1.82) is 0 Å². The topological polar surface area (TPSA) is 58.4 Å². The van der Waals surface area contributed by atoms with Gasteiger partial charge in [-0.15, -0.1) is 0 Å². The van der Waals surface area contributed by atoms with E-state index in [9.17, 15) is 4.79 Å². The van der Waals surface area contributed by atoms with Crippen molar-refractivity contribution in [2.75, 3.05) is 24.5 Å². The minimum Gasteiger partial charge on any atom is -0.371 e. The standard InChI is InChI=1S/C20H25N3O/c1-15-7-9-17(10-8-15)19(21)20(24)22-13-16-11-12-23(14-16)18-5-3-2-4-6-18/h2-10,16,19H,11-14,21H2,1H3,(H,22,24). The van der Waals surface area contributed by atoms with Gasteiger partial charge in [0.2, 0.25) is 5.91 Å². The minimum absolute atomic E-state index is 0.1000. The van der Waals surface area contributed by atoms with E-state index in [4.69, 9.17) is 5.73 Å². The van der Waals surface area contributed by atoms with E-state index in [1.165, 1.54) is 11.3 Å². The lowest BCUT2D eigenvalue weighted by atomic mass is 10.0. The first-order chi connectivity index (χ1) is 11.6. The quantitative estimate of drug-likeness (QED) is 0.889. The molecule has 1 amide bonds. The number of rotatable bonds is 5. The maximum absolute atomic E-state index is 12.3. The van der Waals surface area contributed by atoms with Crippen molar-refractivity contribution in [3.8, 4) is 0 Å². The molecular weight excluding hydrogens is 298 g/mol. The highest BCUT2D eigenvalue weighted by molar-refractivity contribution is 5.82. The van der Waals surface area contributed by atoms with Gasteiger partial charge in [-0.05, 0) is 37.0 Å². The third-order valence-corrected chi connectivity index (χ3v) is 4.69. The number of aryl methyl sites for hydroxylation is 1. The van der Waals surface area contributed by atoms with E-state index in [0.29, 0.717) is 12.5 Å². The van der Waals surface area contributed by atoms with Gasteiger partial charge in [0.15, 0.2) is 0 Å². The summed E-state index contributed by atoms with van der Waals surface area (Å²) in [5, 5.41) is 3.02. The lowest BCUT2D eigenvalue weighted by molar-refractivity contribution is -0.122. The molecule has 0 spiro atoms. The number of nitrogens with one attached hydrogen (secondary N) is 1. The van der Waals surface area contributed by atoms with Gasteiger partial charge in [0.1, 0.15) is 6.04 Å². The van der Waals surface area contributed by atoms with Gasteiger partial charge in [0.25, 0.3) is 0 Å². The summed E-state index contributed by atoms with van der Waals surface area (Å²) in [6, 6.07) is 17.6. The molecule has 4 heteroatoms. The Bertz CT molecular complexity index is 669. The molecule has 1 saturated heterocycles. The lowest BCUT2D eigenvalue weighted by Crippen LogP contribution is -2.37. The predicted octanol–water partition coefficient (Wildman–Crippen LogP) is 2.64. The van der Waals surface area contributed by atoms with Crippen LogP contribution in [-0.2, 0) is 4.79 Å². The molecule has 2 aromatic rings. The number of carbonyl (C=O) groups is 1. The second kappa shape index (κ2) is 7.49. The molecule has 0 saturated carbocycles. The zero-order chi connectivity index (χ0) is 16.9. The predicted molar refractivity (Wildman–Crippen MR) is 97.9 cm³/mol. The Kier molecular flexibility index (Phi) is 5.16.